The predicted molar refractivity (Wildman–Crippen MR) is 171 cm³/mol. The van der Waals surface area contributed by atoms with Gasteiger partial charge >= 0.3 is 0 Å². The Morgan fingerprint density at radius 2 is 1.28 bits per heavy atom. The van der Waals surface area contributed by atoms with Crippen molar-refractivity contribution < 1.29 is 9.53 Å². The van der Waals surface area contributed by atoms with E-state index >= 15 is 0 Å². The van der Waals surface area contributed by atoms with Crippen molar-refractivity contribution >= 4 is 23.4 Å². The number of thioether (sulfide) groups is 1. The summed E-state index contributed by atoms with van der Waals surface area (Å²) in [6, 6.07) is 14.3. The minimum absolute atomic E-state index is 0.0510. The maximum atomic E-state index is 12.4. The predicted octanol–water partition coefficient (Wildman–Crippen LogP) is 10.9. The summed E-state index contributed by atoms with van der Waals surface area (Å²) in [6.45, 7) is 5.15. The highest BCUT2D eigenvalue weighted by Gasteiger charge is 2.06. The highest BCUT2D eigenvalue weighted by molar-refractivity contribution is 7.98. The van der Waals surface area contributed by atoms with Gasteiger partial charge in [0.2, 0.25) is 5.91 Å². The van der Waals surface area contributed by atoms with Crippen LogP contribution in [0.4, 0.5) is 5.69 Å². The largest absolute Gasteiger partial charge is 0.494 e. The molecule has 0 bridgehead atoms. The Balaban J connectivity index is 1.42. The molecule has 218 valence electrons. The lowest BCUT2D eigenvalue weighted by Crippen LogP contribution is -2.12. The first-order valence-corrected chi connectivity index (χ1v) is 17.0. The Bertz CT molecular complexity index is 896. The molecule has 0 spiro atoms. The minimum Gasteiger partial charge on any atom is -0.494 e. The molecule has 0 aromatic heterocycles. The summed E-state index contributed by atoms with van der Waals surface area (Å²) < 4.78 is 5.93. The first kappa shape index (κ1) is 33.3. The molecule has 0 atom stereocenters. The molecule has 1 amide bonds. The van der Waals surface area contributed by atoms with Crippen LogP contribution < -0.4 is 10.1 Å². The highest BCUT2D eigenvalue weighted by Crippen LogP contribution is 2.23. The van der Waals surface area contributed by atoms with Gasteiger partial charge in [-0.1, -0.05) is 115 Å². The Morgan fingerprint density at radius 3 is 1.79 bits per heavy atom. The molecular formula is C35H55NO2S. The Labute approximate surface area is 244 Å². The zero-order chi connectivity index (χ0) is 28.0. The number of benzene rings is 2. The lowest BCUT2D eigenvalue weighted by molar-refractivity contribution is -0.116. The Morgan fingerprint density at radius 1 is 0.744 bits per heavy atom. The molecule has 2 rings (SSSR count). The molecule has 1 N–H and O–H groups in total. The monoisotopic (exact) mass is 553 g/mol. The third kappa shape index (κ3) is 16.0. The van der Waals surface area contributed by atoms with E-state index in [-0.39, 0.29) is 5.91 Å². The van der Waals surface area contributed by atoms with Crippen molar-refractivity contribution in [2.45, 2.75) is 134 Å². The summed E-state index contributed by atoms with van der Waals surface area (Å²) in [5.41, 5.74) is 3.22. The molecule has 0 fully saturated rings. The van der Waals surface area contributed by atoms with Crippen molar-refractivity contribution in [3.8, 4) is 5.75 Å². The van der Waals surface area contributed by atoms with Crippen LogP contribution in [0.1, 0.15) is 127 Å². The molecule has 0 saturated carbocycles. The van der Waals surface area contributed by atoms with Crippen LogP contribution in [0.2, 0.25) is 0 Å². The van der Waals surface area contributed by atoms with E-state index in [0.29, 0.717) is 6.42 Å². The minimum atomic E-state index is 0.0510. The van der Waals surface area contributed by atoms with Gasteiger partial charge in [-0.25, -0.2) is 0 Å². The smallest absolute Gasteiger partial charge is 0.224 e. The van der Waals surface area contributed by atoms with Gasteiger partial charge < -0.3 is 10.1 Å². The normalized spacial score (nSPS) is 11.1. The molecule has 3 nitrogen and oxygen atoms in total. The molecular weight excluding hydrogens is 498 g/mol. The van der Waals surface area contributed by atoms with Gasteiger partial charge in [-0.3, -0.25) is 4.79 Å². The van der Waals surface area contributed by atoms with Gasteiger partial charge in [0, 0.05) is 17.0 Å². The molecule has 0 saturated heterocycles. The lowest BCUT2D eigenvalue weighted by Gasteiger charge is -2.09. The number of aryl methyl sites for hydroxylation is 2. The van der Waals surface area contributed by atoms with Gasteiger partial charge in [-0.05, 0) is 67.5 Å². The van der Waals surface area contributed by atoms with Crippen LogP contribution in [0.15, 0.2) is 47.4 Å². The van der Waals surface area contributed by atoms with E-state index in [2.05, 4.69) is 43.6 Å². The maximum absolute atomic E-state index is 12.4. The fourth-order valence-corrected chi connectivity index (χ4v) is 5.62. The van der Waals surface area contributed by atoms with Gasteiger partial charge in [-0.2, -0.15) is 0 Å². The molecule has 39 heavy (non-hydrogen) atoms. The molecule has 0 radical (unpaired) electrons. The van der Waals surface area contributed by atoms with Crippen LogP contribution in [0, 0.1) is 6.92 Å². The SMILES string of the molecule is CCCCCCCCCCCCCCCCCCOc1ccc(CCC(=O)Nc2ccc(SC)c(C)c2)cc1. The first-order valence-electron chi connectivity index (χ1n) is 15.8. The number of hydrogen-bond donors (Lipinski definition) is 1. The topological polar surface area (TPSA) is 38.3 Å². The number of rotatable bonds is 23. The van der Waals surface area contributed by atoms with Crippen molar-refractivity contribution in [3.63, 3.8) is 0 Å². The summed E-state index contributed by atoms with van der Waals surface area (Å²) in [5.74, 6) is 0.976. The highest BCUT2D eigenvalue weighted by atomic mass is 32.2. The molecule has 4 heteroatoms. The van der Waals surface area contributed by atoms with Crippen LogP contribution in [-0.4, -0.2) is 18.8 Å². The number of amides is 1. The second-order valence-corrected chi connectivity index (χ2v) is 11.9. The lowest BCUT2D eigenvalue weighted by atomic mass is 10.0. The summed E-state index contributed by atoms with van der Waals surface area (Å²) >= 11 is 1.72. The van der Waals surface area contributed by atoms with Crippen LogP contribution in [0.25, 0.3) is 0 Å². The molecule has 2 aromatic rings. The third-order valence-electron chi connectivity index (χ3n) is 7.51. The van der Waals surface area contributed by atoms with E-state index < -0.39 is 0 Å². The van der Waals surface area contributed by atoms with Crippen molar-refractivity contribution in [2.75, 3.05) is 18.2 Å². The van der Waals surface area contributed by atoms with Crippen LogP contribution in [0.3, 0.4) is 0 Å². The number of carbonyl (C=O) groups is 1. The van der Waals surface area contributed by atoms with E-state index in [9.17, 15) is 4.79 Å². The fourth-order valence-electron chi connectivity index (χ4n) is 5.03. The third-order valence-corrected chi connectivity index (χ3v) is 8.41. The molecule has 0 unspecified atom stereocenters. The Hall–Kier alpha value is -1.94. The number of ether oxygens (including phenoxy) is 1. The fraction of sp³-hybridized carbons (Fsp3) is 0.629. The second-order valence-electron chi connectivity index (χ2n) is 11.0. The van der Waals surface area contributed by atoms with E-state index in [1.54, 1.807) is 11.8 Å². The molecule has 0 aliphatic carbocycles. The summed E-state index contributed by atoms with van der Waals surface area (Å²) in [6.07, 6.45) is 25.4. The van der Waals surface area contributed by atoms with Crippen molar-refractivity contribution in [3.05, 3.63) is 53.6 Å². The van der Waals surface area contributed by atoms with Crippen LogP contribution in [-0.2, 0) is 11.2 Å². The van der Waals surface area contributed by atoms with Crippen molar-refractivity contribution in [1.29, 1.82) is 0 Å². The number of unbranched alkanes of at least 4 members (excludes halogenated alkanes) is 15. The summed E-state index contributed by atoms with van der Waals surface area (Å²) in [7, 11) is 0. The molecule has 0 aliphatic heterocycles. The quantitative estimate of drug-likeness (QED) is 0.110. The van der Waals surface area contributed by atoms with Crippen molar-refractivity contribution in [1.82, 2.24) is 0 Å². The zero-order valence-electron chi connectivity index (χ0n) is 25.2. The molecule has 0 heterocycles. The average Bonchev–Trinajstić information content (AvgIpc) is 2.94. The van der Waals surface area contributed by atoms with Gasteiger partial charge in [0.1, 0.15) is 5.75 Å². The average molecular weight is 554 g/mol. The van der Waals surface area contributed by atoms with Crippen molar-refractivity contribution in [2.24, 2.45) is 0 Å². The van der Waals surface area contributed by atoms with Gasteiger partial charge in [0.05, 0.1) is 6.61 Å². The second kappa shape index (κ2) is 21.8. The first-order chi connectivity index (χ1) is 19.1. The number of nitrogens with one attached hydrogen (secondary N) is 1. The maximum Gasteiger partial charge on any atom is 0.224 e. The van der Waals surface area contributed by atoms with Crippen LogP contribution in [0.5, 0.6) is 5.75 Å². The Kier molecular flexibility index (Phi) is 18.6. The standard InChI is InChI=1S/C35H55NO2S/c1-4-5-6-7-8-9-10-11-12-13-14-15-16-17-18-19-28-38-33-24-20-31(21-25-33)22-27-35(37)36-32-23-26-34(39-3)30(2)29-32/h20-21,23-26,29H,4-19,22,27-28H2,1-3H3,(H,36,37). The zero-order valence-corrected chi connectivity index (χ0v) is 26.0. The number of carbonyl (C=O) groups excluding carboxylic acids is 1. The van der Waals surface area contributed by atoms with Gasteiger partial charge in [-0.15, -0.1) is 11.8 Å². The van der Waals surface area contributed by atoms with Crippen LogP contribution >= 0.6 is 11.8 Å². The van der Waals surface area contributed by atoms with E-state index in [0.717, 1.165) is 36.4 Å². The van der Waals surface area contributed by atoms with Gasteiger partial charge in [0.15, 0.2) is 0 Å². The number of hydrogen-bond acceptors (Lipinski definition) is 3. The van der Waals surface area contributed by atoms with Gasteiger partial charge in [0.25, 0.3) is 0 Å². The molecule has 0 aliphatic rings. The summed E-state index contributed by atoms with van der Waals surface area (Å²) in [5, 5.41) is 3.02. The summed E-state index contributed by atoms with van der Waals surface area (Å²) in [4.78, 5) is 13.6. The molecule has 2 aromatic carbocycles. The van der Waals surface area contributed by atoms with E-state index in [4.69, 9.17) is 4.74 Å². The van der Waals surface area contributed by atoms with E-state index in [1.807, 2.05) is 24.3 Å². The van der Waals surface area contributed by atoms with E-state index in [1.165, 1.54) is 107 Å². The number of anilines is 1.